The van der Waals surface area contributed by atoms with E-state index in [0.29, 0.717) is 38.8 Å². The van der Waals surface area contributed by atoms with Gasteiger partial charge in [-0.25, -0.2) is 0 Å². The first kappa shape index (κ1) is 22.7. The second-order valence-corrected chi connectivity index (χ2v) is 9.10. The van der Waals surface area contributed by atoms with Gasteiger partial charge in [-0.2, -0.15) is 0 Å². The molecule has 0 N–H and O–H groups in total. The molecule has 0 saturated carbocycles. The molecule has 1 aliphatic heterocycles. The van der Waals surface area contributed by atoms with Crippen molar-refractivity contribution in [3.63, 3.8) is 0 Å². The maximum absolute atomic E-state index is 13.4. The molecule has 5 nitrogen and oxygen atoms in total. The zero-order chi connectivity index (χ0) is 23.3. The van der Waals surface area contributed by atoms with Gasteiger partial charge in [-0.3, -0.25) is 14.6 Å². The number of aromatic nitrogens is 1. The summed E-state index contributed by atoms with van der Waals surface area (Å²) in [6, 6.07) is 22.1. The summed E-state index contributed by atoms with van der Waals surface area (Å²) in [6.45, 7) is 1.20. The topological polar surface area (TPSA) is 53.5 Å². The molecule has 2 amide bonds. The summed E-state index contributed by atoms with van der Waals surface area (Å²) >= 11 is 0. The van der Waals surface area contributed by atoms with Crippen LogP contribution >= 0.6 is 0 Å². The lowest BCUT2D eigenvalue weighted by molar-refractivity contribution is -0.146. The highest BCUT2D eigenvalue weighted by atomic mass is 16.2. The number of amides is 2. The Balaban J connectivity index is 1.55. The number of hydrogen-bond donors (Lipinski definition) is 0. The first-order valence-electron chi connectivity index (χ1n) is 11.5. The molecule has 170 valence electrons. The van der Waals surface area contributed by atoms with Gasteiger partial charge in [0.2, 0.25) is 11.8 Å². The highest BCUT2D eigenvalue weighted by Crippen LogP contribution is 2.39. The maximum Gasteiger partial charge on any atom is 0.228 e. The SMILES string of the molecule is CN(C)C(=O)C1(Cc2ccccc2-c2cccnc2)CCN(C(=O)Cc2ccccc2)CC1. The van der Waals surface area contributed by atoms with Crippen molar-refractivity contribution in [2.75, 3.05) is 27.2 Å². The van der Waals surface area contributed by atoms with Gasteiger partial charge in [0.1, 0.15) is 0 Å². The van der Waals surface area contributed by atoms with Crippen LogP contribution in [0, 0.1) is 5.41 Å². The van der Waals surface area contributed by atoms with E-state index in [1.165, 1.54) is 0 Å². The van der Waals surface area contributed by atoms with Crippen LogP contribution in [0.4, 0.5) is 0 Å². The number of benzene rings is 2. The predicted octanol–water partition coefficient (Wildman–Crippen LogP) is 4.23. The van der Waals surface area contributed by atoms with Crippen LogP contribution in [0.2, 0.25) is 0 Å². The number of nitrogens with zero attached hydrogens (tertiary/aromatic N) is 3. The van der Waals surface area contributed by atoms with Crippen LogP contribution in [0.15, 0.2) is 79.1 Å². The quantitative estimate of drug-likeness (QED) is 0.575. The van der Waals surface area contributed by atoms with Crippen molar-refractivity contribution in [1.29, 1.82) is 0 Å². The Labute approximate surface area is 196 Å². The van der Waals surface area contributed by atoms with Gasteiger partial charge >= 0.3 is 0 Å². The number of carbonyl (C=O) groups excluding carboxylic acids is 2. The second kappa shape index (κ2) is 9.99. The van der Waals surface area contributed by atoms with Gasteiger partial charge in [0.25, 0.3) is 0 Å². The molecule has 5 heteroatoms. The van der Waals surface area contributed by atoms with Crippen LogP contribution < -0.4 is 0 Å². The van der Waals surface area contributed by atoms with E-state index in [1.54, 1.807) is 11.1 Å². The van der Waals surface area contributed by atoms with Crippen molar-refractivity contribution < 1.29 is 9.59 Å². The summed E-state index contributed by atoms with van der Waals surface area (Å²) in [5.74, 6) is 0.265. The van der Waals surface area contributed by atoms with Crippen molar-refractivity contribution in [1.82, 2.24) is 14.8 Å². The average Bonchev–Trinajstić information content (AvgIpc) is 2.85. The van der Waals surface area contributed by atoms with E-state index in [-0.39, 0.29) is 11.8 Å². The molecule has 1 fully saturated rings. The van der Waals surface area contributed by atoms with E-state index in [2.05, 4.69) is 23.2 Å². The zero-order valence-electron chi connectivity index (χ0n) is 19.4. The largest absolute Gasteiger partial charge is 0.348 e. The molecule has 33 heavy (non-hydrogen) atoms. The van der Waals surface area contributed by atoms with Crippen LogP contribution in [0.5, 0.6) is 0 Å². The molecule has 0 radical (unpaired) electrons. The number of hydrogen-bond acceptors (Lipinski definition) is 3. The normalized spacial score (nSPS) is 15.2. The molecule has 1 aromatic heterocycles. The Morgan fingerprint density at radius 3 is 2.30 bits per heavy atom. The lowest BCUT2D eigenvalue weighted by atomic mass is 9.71. The van der Waals surface area contributed by atoms with E-state index >= 15 is 0 Å². The van der Waals surface area contributed by atoms with Crippen LogP contribution in [-0.2, 0) is 22.4 Å². The minimum atomic E-state index is -0.522. The van der Waals surface area contributed by atoms with E-state index < -0.39 is 5.41 Å². The van der Waals surface area contributed by atoms with Crippen molar-refractivity contribution in [2.24, 2.45) is 5.41 Å². The minimum Gasteiger partial charge on any atom is -0.348 e. The molecular weight excluding hydrogens is 410 g/mol. The molecule has 4 rings (SSSR count). The van der Waals surface area contributed by atoms with Crippen molar-refractivity contribution >= 4 is 11.8 Å². The molecule has 2 aromatic carbocycles. The number of piperidine rings is 1. The highest BCUT2D eigenvalue weighted by Gasteiger charge is 2.43. The highest BCUT2D eigenvalue weighted by molar-refractivity contribution is 5.84. The summed E-state index contributed by atoms with van der Waals surface area (Å²) in [5, 5.41) is 0. The Hall–Kier alpha value is -3.47. The van der Waals surface area contributed by atoms with Gasteiger partial charge in [0.15, 0.2) is 0 Å². The smallest absolute Gasteiger partial charge is 0.228 e. The number of pyridine rings is 1. The molecule has 3 aromatic rings. The summed E-state index contributed by atoms with van der Waals surface area (Å²) in [6.07, 6.45) is 6.00. The number of likely N-dealkylation sites (tertiary alicyclic amines) is 1. The van der Waals surface area contributed by atoms with Crippen LogP contribution in [0.1, 0.15) is 24.0 Å². The van der Waals surface area contributed by atoms with Gasteiger partial charge in [-0.1, -0.05) is 60.7 Å². The van der Waals surface area contributed by atoms with Crippen molar-refractivity contribution in [3.8, 4) is 11.1 Å². The average molecular weight is 442 g/mol. The summed E-state index contributed by atoms with van der Waals surface area (Å²) in [5.41, 5.74) is 3.81. The van der Waals surface area contributed by atoms with E-state index in [1.807, 2.05) is 73.7 Å². The molecule has 1 aliphatic rings. The summed E-state index contributed by atoms with van der Waals surface area (Å²) < 4.78 is 0. The van der Waals surface area contributed by atoms with Gasteiger partial charge < -0.3 is 9.80 Å². The lowest BCUT2D eigenvalue weighted by Gasteiger charge is -2.42. The Kier molecular flexibility index (Phi) is 6.87. The third-order valence-electron chi connectivity index (χ3n) is 6.65. The zero-order valence-corrected chi connectivity index (χ0v) is 19.4. The van der Waals surface area contributed by atoms with Crippen molar-refractivity contribution in [2.45, 2.75) is 25.7 Å². The van der Waals surface area contributed by atoms with E-state index in [4.69, 9.17) is 0 Å². The monoisotopic (exact) mass is 441 g/mol. The number of rotatable bonds is 6. The fourth-order valence-electron chi connectivity index (χ4n) is 4.85. The standard InChI is InChI=1S/C28H31N3O2/c1-30(2)27(33)28(20-23-11-6-7-13-25(23)24-12-8-16-29-21-24)14-17-31(18-15-28)26(32)19-22-9-4-3-5-10-22/h3-13,16,21H,14-15,17-20H2,1-2H3. The molecule has 0 spiro atoms. The van der Waals surface area contributed by atoms with Crippen molar-refractivity contribution in [3.05, 3.63) is 90.3 Å². The maximum atomic E-state index is 13.4. The predicted molar refractivity (Wildman–Crippen MR) is 130 cm³/mol. The number of carbonyl (C=O) groups is 2. The molecule has 1 saturated heterocycles. The minimum absolute atomic E-state index is 0.128. The van der Waals surface area contributed by atoms with Crippen LogP contribution in [0.25, 0.3) is 11.1 Å². The molecule has 0 unspecified atom stereocenters. The fraction of sp³-hybridized carbons (Fsp3) is 0.321. The van der Waals surface area contributed by atoms with E-state index in [9.17, 15) is 9.59 Å². The molecule has 0 aliphatic carbocycles. The summed E-state index contributed by atoms with van der Waals surface area (Å²) in [7, 11) is 3.65. The third-order valence-corrected chi connectivity index (χ3v) is 6.65. The first-order chi connectivity index (χ1) is 16.0. The Morgan fingerprint density at radius 2 is 1.64 bits per heavy atom. The van der Waals surface area contributed by atoms with Crippen LogP contribution in [0.3, 0.4) is 0 Å². The van der Waals surface area contributed by atoms with Gasteiger partial charge in [0, 0.05) is 45.1 Å². The molecule has 2 heterocycles. The molecule has 0 atom stereocenters. The third kappa shape index (κ3) is 5.14. The van der Waals surface area contributed by atoms with Gasteiger partial charge in [0.05, 0.1) is 11.8 Å². The molecular formula is C28H31N3O2. The van der Waals surface area contributed by atoms with Crippen LogP contribution in [-0.4, -0.2) is 53.8 Å². The first-order valence-corrected chi connectivity index (χ1v) is 11.5. The molecule has 0 bridgehead atoms. The summed E-state index contributed by atoms with van der Waals surface area (Å²) in [4.78, 5) is 34.2. The fourth-order valence-corrected chi connectivity index (χ4v) is 4.85. The Morgan fingerprint density at radius 1 is 0.939 bits per heavy atom. The van der Waals surface area contributed by atoms with Gasteiger partial charge in [-0.05, 0) is 42.0 Å². The Bertz CT molecular complexity index is 1090. The lowest BCUT2D eigenvalue weighted by Crippen LogP contribution is -2.51. The van der Waals surface area contributed by atoms with Gasteiger partial charge in [-0.15, -0.1) is 0 Å². The van der Waals surface area contributed by atoms with E-state index in [0.717, 1.165) is 22.3 Å². The second-order valence-electron chi connectivity index (χ2n) is 9.10.